The lowest BCUT2D eigenvalue weighted by molar-refractivity contribution is -0.270. The molecule has 0 amide bonds. The summed E-state index contributed by atoms with van der Waals surface area (Å²) in [5, 5.41) is 9.68. The number of aliphatic hydroxyl groups excluding tert-OH is 1. The molecule has 0 aromatic rings. The van der Waals surface area contributed by atoms with Crippen LogP contribution in [-0.2, 0) is 23.4 Å². The third-order valence-corrected chi connectivity index (χ3v) is 9.55. The number of aliphatic hydroxyl groups is 1. The molecule has 2 saturated heterocycles. The van der Waals surface area contributed by atoms with Gasteiger partial charge in [-0.1, -0.05) is 20.8 Å². The van der Waals surface area contributed by atoms with E-state index in [1.165, 1.54) is 0 Å². The molecule has 0 spiro atoms. The number of fused-ring (bicyclic) bond motifs is 1. The zero-order valence-corrected chi connectivity index (χ0v) is 16.6. The van der Waals surface area contributed by atoms with Crippen LogP contribution >= 0.6 is 0 Å². The van der Waals surface area contributed by atoms with Gasteiger partial charge in [-0.2, -0.15) is 0 Å². The Morgan fingerprint density at radius 1 is 1.13 bits per heavy atom. The van der Waals surface area contributed by atoms with Gasteiger partial charge in [0.1, 0.15) is 24.4 Å². The third-order valence-electron chi connectivity index (χ3n) is 5.08. The van der Waals surface area contributed by atoms with Crippen molar-refractivity contribution in [1.29, 1.82) is 0 Å². The molecule has 2 aliphatic rings. The monoisotopic (exact) mass is 348 g/mol. The van der Waals surface area contributed by atoms with Gasteiger partial charge in [0.15, 0.2) is 20.4 Å². The third kappa shape index (κ3) is 3.81. The van der Waals surface area contributed by atoms with Crippen molar-refractivity contribution < 1.29 is 28.5 Å². The van der Waals surface area contributed by atoms with E-state index < -0.39 is 26.5 Å². The van der Waals surface area contributed by atoms with E-state index in [1.54, 1.807) is 7.11 Å². The Labute approximate surface area is 140 Å². The molecule has 0 aromatic heterocycles. The zero-order valence-electron chi connectivity index (χ0n) is 15.6. The van der Waals surface area contributed by atoms with Crippen LogP contribution in [0.3, 0.4) is 0 Å². The summed E-state index contributed by atoms with van der Waals surface area (Å²) < 4.78 is 30.0. The predicted octanol–water partition coefficient (Wildman–Crippen LogP) is 2.26. The van der Waals surface area contributed by atoms with Crippen LogP contribution in [0.1, 0.15) is 34.6 Å². The van der Waals surface area contributed by atoms with Crippen molar-refractivity contribution in [3.8, 4) is 0 Å². The Bertz CT molecular complexity index is 419. The Hall–Kier alpha value is -0.0231. The molecule has 2 aliphatic heterocycles. The van der Waals surface area contributed by atoms with E-state index in [-0.39, 0.29) is 30.0 Å². The highest BCUT2D eigenvalue weighted by Crippen LogP contribution is 2.43. The normalized spacial score (nSPS) is 37.7. The van der Waals surface area contributed by atoms with Crippen molar-refractivity contribution in [2.75, 3.05) is 13.7 Å². The molecule has 2 heterocycles. The van der Waals surface area contributed by atoms with Crippen molar-refractivity contribution in [3.05, 3.63) is 0 Å². The van der Waals surface area contributed by atoms with Gasteiger partial charge in [-0.15, -0.1) is 0 Å². The summed E-state index contributed by atoms with van der Waals surface area (Å²) in [6.07, 6.45) is -2.13. The number of rotatable bonds is 4. The van der Waals surface area contributed by atoms with Crippen molar-refractivity contribution in [2.45, 2.75) is 89.2 Å². The maximum atomic E-state index is 9.62. The number of hydrogen-bond donors (Lipinski definition) is 1. The first-order chi connectivity index (χ1) is 10.4. The zero-order chi connectivity index (χ0) is 17.6. The van der Waals surface area contributed by atoms with E-state index in [1.807, 2.05) is 13.8 Å². The topological polar surface area (TPSA) is 66.4 Å². The van der Waals surface area contributed by atoms with E-state index in [4.69, 9.17) is 23.4 Å². The minimum atomic E-state index is -2.05. The fraction of sp³-hybridized carbons (Fsp3) is 1.00. The summed E-state index contributed by atoms with van der Waals surface area (Å²) in [7, 11) is -0.461. The molecular weight excluding hydrogens is 316 g/mol. The van der Waals surface area contributed by atoms with Crippen molar-refractivity contribution in [1.82, 2.24) is 0 Å². The van der Waals surface area contributed by atoms with Crippen LogP contribution < -0.4 is 0 Å². The highest BCUT2D eigenvalue weighted by Gasteiger charge is 2.57. The minimum Gasteiger partial charge on any atom is -0.406 e. The highest BCUT2D eigenvalue weighted by atomic mass is 28.4. The van der Waals surface area contributed by atoms with Gasteiger partial charge < -0.3 is 28.5 Å². The van der Waals surface area contributed by atoms with Crippen molar-refractivity contribution >= 4 is 8.32 Å². The number of methoxy groups -OCH3 is 1. The molecule has 0 saturated carbocycles. The maximum absolute atomic E-state index is 9.62. The second-order valence-corrected chi connectivity index (χ2v) is 13.1. The van der Waals surface area contributed by atoms with Crippen LogP contribution in [-0.4, -0.2) is 63.6 Å². The molecule has 2 fully saturated rings. The summed E-state index contributed by atoms with van der Waals surface area (Å²) in [6.45, 7) is 14.5. The van der Waals surface area contributed by atoms with Crippen LogP contribution in [0.15, 0.2) is 0 Å². The standard InChI is InChI=1S/C16H32O6Si/c1-15(2,3)23(7,8)22-13-12-11(20-16(4,5)21-12)10(9-17)19-14(13)18-6/h10-14,17H,9H2,1-8H3/t10-,11+,12-,13+,14-/m1/s1. The summed E-state index contributed by atoms with van der Waals surface area (Å²) in [4.78, 5) is 0. The van der Waals surface area contributed by atoms with Gasteiger partial charge in [-0.25, -0.2) is 0 Å². The summed E-state index contributed by atoms with van der Waals surface area (Å²) in [6, 6.07) is 0. The van der Waals surface area contributed by atoms with Crippen LogP contribution in [0.25, 0.3) is 0 Å². The molecule has 0 unspecified atom stereocenters. The van der Waals surface area contributed by atoms with Gasteiger partial charge in [0, 0.05) is 7.11 Å². The molecule has 0 radical (unpaired) electrons. The van der Waals surface area contributed by atoms with Crippen molar-refractivity contribution in [2.24, 2.45) is 0 Å². The molecule has 2 rings (SSSR count). The SMILES string of the molecule is CO[C@@H]1O[C@H](CO)[C@@H]2OC(C)(C)O[C@H]2[C@@H]1O[Si](C)(C)C(C)(C)C. The lowest BCUT2D eigenvalue weighted by atomic mass is 9.99. The second kappa shape index (κ2) is 6.37. The summed E-state index contributed by atoms with van der Waals surface area (Å²) in [5.74, 6) is -0.732. The van der Waals surface area contributed by atoms with Gasteiger partial charge in [0.2, 0.25) is 0 Å². The van der Waals surface area contributed by atoms with E-state index >= 15 is 0 Å². The van der Waals surface area contributed by atoms with Gasteiger partial charge in [-0.05, 0) is 32.0 Å². The number of hydrogen-bond acceptors (Lipinski definition) is 6. The predicted molar refractivity (Wildman–Crippen MR) is 88.7 cm³/mol. The average molecular weight is 349 g/mol. The Morgan fingerprint density at radius 3 is 2.17 bits per heavy atom. The van der Waals surface area contributed by atoms with Gasteiger partial charge in [0.05, 0.1) is 6.61 Å². The molecule has 1 N–H and O–H groups in total. The molecule has 0 aromatic carbocycles. The lowest BCUT2D eigenvalue weighted by Gasteiger charge is -2.46. The molecule has 7 heteroatoms. The van der Waals surface area contributed by atoms with Crippen molar-refractivity contribution in [3.63, 3.8) is 0 Å². The first-order valence-corrected chi connectivity index (χ1v) is 11.2. The van der Waals surface area contributed by atoms with E-state index in [0.29, 0.717) is 0 Å². The van der Waals surface area contributed by atoms with Gasteiger partial charge in [0.25, 0.3) is 0 Å². The quantitative estimate of drug-likeness (QED) is 0.786. The summed E-state index contributed by atoms with van der Waals surface area (Å²) in [5.41, 5.74) is 0. The van der Waals surface area contributed by atoms with Gasteiger partial charge >= 0.3 is 0 Å². The lowest BCUT2D eigenvalue weighted by Crippen LogP contribution is -2.61. The molecule has 136 valence electrons. The Kier molecular flexibility index (Phi) is 5.34. The maximum Gasteiger partial charge on any atom is 0.192 e. The molecule has 5 atom stereocenters. The largest absolute Gasteiger partial charge is 0.406 e. The Morgan fingerprint density at radius 2 is 1.70 bits per heavy atom. The molecular formula is C16H32O6Si. The first-order valence-electron chi connectivity index (χ1n) is 8.24. The molecule has 0 aliphatic carbocycles. The van der Waals surface area contributed by atoms with Crippen LogP contribution in [0.4, 0.5) is 0 Å². The van der Waals surface area contributed by atoms with E-state index in [9.17, 15) is 5.11 Å². The van der Waals surface area contributed by atoms with E-state index in [2.05, 4.69) is 33.9 Å². The molecule has 6 nitrogen and oxygen atoms in total. The number of ether oxygens (including phenoxy) is 4. The second-order valence-electron chi connectivity index (χ2n) is 8.37. The fourth-order valence-corrected chi connectivity index (χ4v) is 4.10. The van der Waals surface area contributed by atoms with Crippen LogP contribution in [0.5, 0.6) is 0 Å². The fourth-order valence-electron chi connectivity index (χ4n) is 2.82. The first kappa shape index (κ1) is 19.3. The van der Waals surface area contributed by atoms with Crippen LogP contribution in [0, 0.1) is 0 Å². The minimum absolute atomic E-state index is 0.0591. The summed E-state index contributed by atoms with van der Waals surface area (Å²) >= 11 is 0. The van der Waals surface area contributed by atoms with Crippen LogP contribution in [0.2, 0.25) is 18.1 Å². The molecule has 0 bridgehead atoms. The van der Waals surface area contributed by atoms with E-state index in [0.717, 1.165) is 0 Å². The molecule has 23 heavy (non-hydrogen) atoms. The highest BCUT2D eigenvalue weighted by molar-refractivity contribution is 6.74. The Balaban J connectivity index is 2.28. The van der Waals surface area contributed by atoms with Gasteiger partial charge in [-0.3, -0.25) is 0 Å². The average Bonchev–Trinajstić information content (AvgIpc) is 2.73. The smallest absolute Gasteiger partial charge is 0.192 e.